The minimum absolute atomic E-state index is 0.163. The van der Waals surface area contributed by atoms with Gasteiger partial charge in [0.05, 0.1) is 18.7 Å². The van der Waals surface area contributed by atoms with Gasteiger partial charge in [-0.3, -0.25) is 9.59 Å². The zero-order valence-corrected chi connectivity index (χ0v) is 14.2. The summed E-state index contributed by atoms with van der Waals surface area (Å²) in [6, 6.07) is 3.28. The Bertz CT molecular complexity index is 533. The average Bonchev–Trinajstić information content (AvgIpc) is 2.49. The molecule has 6 nitrogen and oxygen atoms in total. The van der Waals surface area contributed by atoms with Gasteiger partial charge in [-0.25, -0.2) is 0 Å². The number of benzene rings is 1. The van der Waals surface area contributed by atoms with Crippen LogP contribution >= 0.6 is 15.9 Å². The van der Waals surface area contributed by atoms with Crippen molar-refractivity contribution in [1.29, 1.82) is 0 Å². The van der Waals surface area contributed by atoms with Crippen LogP contribution in [-0.2, 0) is 4.79 Å². The summed E-state index contributed by atoms with van der Waals surface area (Å²) in [7, 11) is 3.04. The molecule has 122 valence electrons. The van der Waals surface area contributed by atoms with Crippen LogP contribution in [0.5, 0.6) is 11.5 Å². The van der Waals surface area contributed by atoms with Crippen molar-refractivity contribution < 1.29 is 24.2 Å². The fourth-order valence-electron chi connectivity index (χ4n) is 1.93. The molecule has 0 saturated carbocycles. The molecule has 1 aromatic rings. The molecule has 0 saturated heterocycles. The largest absolute Gasteiger partial charge is 0.493 e. The topological polar surface area (TPSA) is 84.9 Å². The highest BCUT2D eigenvalue weighted by atomic mass is 79.9. The second-order valence-corrected chi connectivity index (χ2v) is 5.51. The SMILES string of the molecule is COc1cc(C(=O)NCCCCCC(=O)O)cc(Br)c1OC. The molecule has 0 unspecified atom stereocenters. The third-order valence-corrected chi connectivity index (χ3v) is 3.64. The summed E-state index contributed by atoms with van der Waals surface area (Å²) in [6.07, 6.45) is 2.29. The lowest BCUT2D eigenvalue weighted by atomic mass is 10.1. The predicted molar refractivity (Wildman–Crippen MR) is 85.7 cm³/mol. The second-order valence-electron chi connectivity index (χ2n) is 4.65. The van der Waals surface area contributed by atoms with E-state index in [0.29, 0.717) is 34.5 Å². The number of hydrogen-bond acceptors (Lipinski definition) is 4. The van der Waals surface area contributed by atoms with Gasteiger partial charge in [0.1, 0.15) is 0 Å². The molecule has 0 aliphatic carbocycles. The highest BCUT2D eigenvalue weighted by Gasteiger charge is 2.14. The number of nitrogens with one attached hydrogen (secondary N) is 1. The van der Waals surface area contributed by atoms with Crippen LogP contribution in [0.25, 0.3) is 0 Å². The van der Waals surface area contributed by atoms with E-state index in [1.807, 2.05) is 0 Å². The van der Waals surface area contributed by atoms with Crippen molar-refractivity contribution in [2.75, 3.05) is 20.8 Å². The van der Waals surface area contributed by atoms with Crippen LogP contribution in [0.1, 0.15) is 36.0 Å². The number of carboxylic acid groups (broad SMARTS) is 1. The minimum Gasteiger partial charge on any atom is -0.493 e. The van der Waals surface area contributed by atoms with Gasteiger partial charge in [0.15, 0.2) is 11.5 Å². The molecule has 22 heavy (non-hydrogen) atoms. The zero-order chi connectivity index (χ0) is 16.5. The summed E-state index contributed by atoms with van der Waals surface area (Å²) in [5, 5.41) is 11.3. The molecule has 0 fully saturated rings. The Kier molecular flexibility index (Phi) is 7.73. The molecule has 0 aliphatic heterocycles. The van der Waals surface area contributed by atoms with Gasteiger partial charge in [0.25, 0.3) is 5.91 Å². The number of halogens is 1. The van der Waals surface area contributed by atoms with Crippen LogP contribution in [0.4, 0.5) is 0 Å². The van der Waals surface area contributed by atoms with Gasteiger partial charge in [0, 0.05) is 18.5 Å². The minimum atomic E-state index is -0.792. The van der Waals surface area contributed by atoms with Crippen LogP contribution in [0.15, 0.2) is 16.6 Å². The summed E-state index contributed by atoms with van der Waals surface area (Å²) in [5.41, 5.74) is 0.468. The Morgan fingerprint density at radius 2 is 1.91 bits per heavy atom. The van der Waals surface area contributed by atoms with Crippen molar-refractivity contribution >= 4 is 27.8 Å². The number of methoxy groups -OCH3 is 2. The maximum atomic E-state index is 12.1. The number of hydrogen-bond donors (Lipinski definition) is 2. The third-order valence-electron chi connectivity index (χ3n) is 3.05. The summed E-state index contributed by atoms with van der Waals surface area (Å²) in [5.74, 6) is 0.00954. The molecule has 0 bridgehead atoms. The van der Waals surface area contributed by atoms with E-state index < -0.39 is 5.97 Å². The number of amides is 1. The average molecular weight is 374 g/mol. The first kappa shape index (κ1) is 18.3. The summed E-state index contributed by atoms with van der Waals surface area (Å²) in [4.78, 5) is 22.5. The fraction of sp³-hybridized carbons (Fsp3) is 0.467. The molecule has 0 radical (unpaired) electrons. The molecule has 1 amide bonds. The number of aliphatic carboxylic acids is 1. The van der Waals surface area contributed by atoms with E-state index in [9.17, 15) is 9.59 Å². The molecule has 2 N–H and O–H groups in total. The van der Waals surface area contributed by atoms with E-state index >= 15 is 0 Å². The number of carbonyl (C=O) groups excluding carboxylic acids is 1. The fourth-order valence-corrected chi connectivity index (χ4v) is 2.53. The van der Waals surface area contributed by atoms with Gasteiger partial charge >= 0.3 is 5.97 Å². The van der Waals surface area contributed by atoms with E-state index in [1.165, 1.54) is 14.2 Å². The van der Waals surface area contributed by atoms with Crippen LogP contribution < -0.4 is 14.8 Å². The molecule has 0 spiro atoms. The Morgan fingerprint density at radius 1 is 1.18 bits per heavy atom. The number of carbonyl (C=O) groups is 2. The first-order chi connectivity index (χ1) is 10.5. The van der Waals surface area contributed by atoms with Crippen molar-refractivity contribution in [2.24, 2.45) is 0 Å². The van der Waals surface area contributed by atoms with Crippen molar-refractivity contribution in [3.8, 4) is 11.5 Å². The molecule has 1 aromatic carbocycles. The van der Waals surface area contributed by atoms with Crippen molar-refractivity contribution in [2.45, 2.75) is 25.7 Å². The molecule has 0 atom stereocenters. The number of unbranched alkanes of at least 4 members (excludes halogenated alkanes) is 2. The zero-order valence-electron chi connectivity index (χ0n) is 12.6. The lowest BCUT2D eigenvalue weighted by molar-refractivity contribution is -0.137. The lowest BCUT2D eigenvalue weighted by Gasteiger charge is -2.12. The van der Waals surface area contributed by atoms with Gasteiger partial charge in [0.2, 0.25) is 0 Å². The van der Waals surface area contributed by atoms with Crippen LogP contribution in [-0.4, -0.2) is 37.7 Å². The van der Waals surface area contributed by atoms with Crippen LogP contribution in [0.2, 0.25) is 0 Å². The van der Waals surface area contributed by atoms with Crippen molar-refractivity contribution in [3.63, 3.8) is 0 Å². The highest BCUT2D eigenvalue weighted by Crippen LogP contribution is 2.36. The van der Waals surface area contributed by atoms with Crippen molar-refractivity contribution in [1.82, 2.24) is 5.32 Å². The summed E-state index contributed by atoms with van der Waals surface area (Å²) in [6.45, 7) is 0.504. The van der Waals surface area contributed by atoms with E-state index in [1.54, 1.807) is 12.1 Å². The van der Waals surface area contributed by atoms with Crippen LogP contribution in [0.3, 0.4) is 0 Å². The number of carboxylic acids is 1. The highest BCUT2D eigenvalue weighted by molar-refractivity contribution is 9.10. The smallest absolute Gasteiger partial charge is 0.303 e. The van der Waals surface area contributed by atoms with E-state index in [-0.39, 0.29) is 12.3 Å². The van der Waals surface area contributed by atoms with Gasteiger partial charge < -0.3 is 19.9 Å². The van der Waals surface area contributed by atoms with E-state index in [0.717, 1.165) is 12.8 Å². The first-order valence-electron chi connectivity index (χ1n) is 6.91. The van der Waals surface area contributed by atoms with Gasteiger partial charge in [-0.2, -0.15) is 0 Å². The molecule has 0 aromatic heterocycles. The van der Waals surface area contributed by atoms with Gasteiger partial charge in [-0.15, -0.1) is 0 Å². The molecular weight excluding hydrogens is 354 g/mol. The Hall–Kier alpha value is -1.76. The monoisotopic (exact) mass is 373 g/mol. The normalized spacial score (nSPS) is 10.1. The van der Waals surface area contributed by atoms with Gasteiger partial charge in [-0.1, -0.05) is 6.42 Å². The second kappa shape index (κ2) is 9.30. The quantitative estimate of drug-likeness (QED) is 0.650. The Morgan fingerprint density at radius 3 is 2.50 bits per heavy atom. The van der Waals surface area contributed by atoms with E-state index in [2.05, 4.69) is 21.2 Å². The Balaban J connectivity index is 2.52. The number of rotatable bonds is 9. The number of ether oxygens (including phenoxy) is 2. The summed E-state index contributed by atoms with van der Waals surface area (Å²) >= 11 is 3.34. The first-order valence-corrected chi connectivity index (χ1v) is 7.70. The maximum Gasteiger partial charge on any atom is 0.303 e. The molecule has 0 heterocycles. The third kappa shape index (κ3) is 5.55. The lowest BCUT2D eigenvalue weighted by Crippen LogP contribution is -2.24. The van der Waals surface area contributed by atoms with Crippen LogP contribution in [0, 0.1) is 0 Å². The molecule has 7 heteroatoms. The standard InChI is InChI=1S/C15H20BrNO5/c1-21-12-9-10(8-11(16)14(12)22-2)15(20)17-7-5-3-4-6-13(18)19/h8-9H,3-7H2,1-2H3,(H,17,20)(H,18,19). The van der Waals surface area contributed by atoms with E-state index in [4.69, 9.17) is 14.6 Å². The Labute approximate surface area is 137 Å². The molecular formula is C15H20BrNO5. The summed E-state index contributed by atoms with van der Waals surface area (Å²) < 4.78 is 11.0. The van der Waals surface area contributed by atoms with Gasteiger partial charge in [-0.05, 0) is 40.9 Å². The maximum absolute atomic E-state index is 12.1. The predicted octanol–water partition coefficient (Wildman–Crippen LogP) is 2.84. The van der Waals surface area contributed by atoms with Crippen molar-refractivity contribution in [3.05, 3.63) is 22.2 Å². The molecule has 1 rings (SSSR count). The molecule has 0 aliphatic rings.